The fourth-order valence-corrected chi connectivity index (χ4v) is 2.92. The standard InChI is InChI=1S/C19H13BrF4N4O3/c1-28-15(26-27-18(28)29)9-30-14-3-2-13(20)16(21)17(14)31-12-5-10(7-19(22,23)24)4-11(6-12)8-25/h2-6H,7,9H2,1H3,(H,27,29). The zero-order chi connectivity index (χ0) is 22.8. The van der Waals surface area contributed by atoms with Crippen LogP contribution in [0, 0.1) is 17.1 Å². The van der Waals surface area contributed by atoms with Crippen LogP contribution in [0.15, 0.2) is 39.6 Å². The molecule has 1 heterocycles. The van der Waals surface area contributed by atoms with Crippen LogP contribution in [0.5, 0.6) is 17.2 Å². The number of rotatable bonds is 6. The summed E-state index contributed by atoms with van der Waals surface area (Å²) in [4.78, 5) is 11.4. The fraction of sp³-hybridized carbons (Fsp3) is 0.211. The fourth-order valence-electron chi connectivity index (χ4n) is 2.61. The van der Waals surface area contributed by atoms with Crippen molar-refractivity contribution in [1.29, 1.82) is 5.26 Å². The van der Waals surface area contributed by atoms with Gasteiger partial charge in [0, 0.05) is 7.05 Å². The number of benzene rings is 2. The number of ether oxygens (including phenoxy) is 2. The summed E-state index contributed by atoms with van der Waals surface area (Å²) in [6, 6.07) is 7.80. The molecule has 0 aliphatic rings. The molecule has 12 heteroatoms. The number of halogens is 5. The summed E-state index contributed by atoms with van der Waals surface area (Å²) in [6.07, 6.45) is -5.78. The second-order valence-corrected chi connectivity index (χ2v) is 7.21. The number of hydrogen-bond donors (Lipinski definition) is 1. The van der Waals surface area contributed by atoms with Crippen molar-refractivity contribution in [2.75, 3.05) is 0 Å². The topological polar surface area (TPSA) is 92.9 Å². The lowest BCUT2D eigenvalue weighted by atomic mass is 10.1. The van der Waals surface area contributed by atoms with Crippen molar-refractivity contribution < 1.29 is 27.0 Å². The number of nitrogens with one attached hydrogen (secondary N) is 1. The van der Waals surface area contributed by atoms with Crippen LogP contribution in [0.25, 0.3) is 0 Å². The molecule has 3 aromatic rings. The molecule has 0 saturated carbocycles. The van der Waals surface area contributed by atoms with Gasteiger partial charge in [0.2, 0.25) is 5.75 Å². The minimum Gasteiger partial charge on any atom is -0.482 e. The zero-order valence-electron chi connectivity index (χ0n) is 15.8. The molecule has 3 rings (SSSR count). The van der Waals surface area contributed by atoms with E-state index in [1.54, 1.807) is 6.07 Å². The van der Waals surface area contributed by atoms with Crippen molar-refractivity contribution in [2.45, 2.75) is 19.2 Å². The van der Waals surface area contributed by atoms with Crippen LogP contribution < -0.4 is 15.2 Å². The number of aromatic nitrogens is 3. The monoisotopic (exact) mass is 500 g/mol. The average Bonchev–Trinajstić information content (AvgIpc) is 3.01. The lowest BCUT2D eigenvalue weighted by Crippen LogP contribution is -2.15. The molecule has 31 heavy (non-hydrogen) atoms. The number of H-pyrrole nitrogens is 1. The highest BCUT2D eigenvalue weighted by Gasteiger charge is 2.28. The lowest BCUT2D eigenvalue weighted by Gasteiger charge is -2.15. The van der Waals surface area contributed by atoms with Crippen LogP contribution in [0.4, 0.5) is 17.6 Å². The number of hydrogen-bond acceptors (Lipinski definition) is 5. The first-order valence-corrected chi connectivity index (χ1v) is 9.36. The van der Waals surface area contributed by atoms with Crippen LogP contribution in [-0.2, 0) is 20.1 Å². The molecule has 0 aliphatic heterocycles. The first kappa shape index (κ1) is 22.4. The molecule has 0 bridgehead atoms. The van der Waals surface area contributed by atoms with Crippen LogP contribution in [0.2, 0.25) is 0 Å². The maximum Gasteiger partial charge on any atom is 0.393 e. The summed E-state index contributed by atoms with van der Waals surface area (Å²) >= 11 is 3.01. The van der Waals surface area contributed by atoms with Gasteiger partial charge in [-0.05, 0) is 51.8 Å². The lowest BCUT2D eigenvalue weighted by molar-refractivity contribution is -0.127. The summed E-state index contributed by atoms with van der Waals surface area (Å²) in [6.45, 7) is -0.218. The summed E-state index contributed by atoms with van der Waals surface area (Å²) in [5.41, 5.74) is -0.769. The number of alkyl halides is 3. The molecule has 1 aromatic heterocycles. The van der Waals surface area contributed by atoms with Crippen LogP contribution in [-0.4, -0.2) is 20.9 Å². The summed E-state index contributed by atoms with van der Waals surface area (Å²) in [7, 11) is 1.46. The van der Waals surface area contributed by atoms with E-state index in [4.69, 9.17) is 14.7 Å². The third-order valence-electron chi connectivity index (χ3n) is 4.06. The van der Waals surface area contributed by atoms with Gasteiger partial charge in [0.05, 0.1) is 22.5 Å². The average molecular weight is 501 g/mol. The highest BCUT2D eigenvalue weighted by atomic mass is 79.9. The van der Waals surface area contributed by atoms with Crippen molar-refractivity contribution in [3.05, 3.63) is 68.1 Å². The molecule has 0 spiro atoms. The van der Waals surface area contributed by atoms with Gasteiger partial charge in [-0.3, -0.25) is 4.57 Å². The second kappa shape index (κ2) is 8.81. The number of aromatic amines is 1. The highest BCUT2D eigenvalue weighted by molar-refractivity contribution is 9.10. The Bertz CT molecular complexity index is 1210. The van der Waals surface area contributed by atoms with Gasteiger partial charge in [-0.1, -0.05) is 0 Å². The molecular formula is C19H13BrF4N4O3. The second-order valence-electron chi connectivity index (χ2n) is 6.35. The normalized spacial score (nSPS) is 11.3. The van der Waals surface area contributed by atoms with Gasteiger partial charge in [-0.15, -0.1) is 0 Å². The molecule has 162 valence electrons. The third-order valence-corrected chi connectivity index (χ3v) is 4.68. The third kappa shape index (κ3) is 5.43. The van der Waals surface area contributed by atoms with Crippen LogP contribution >= 0.6 is 15.9 Å². The van der Waals surface area contributed by atoms with Gasteiger partial charge in [0.1, 0.15) is 12.4 Å². The Morgan fingerprint density at radius 2 is 2.03 bits per heavy atom. The molecule has 0 radical (unpaired) electrons. The first-order chi connectivity index (χ1) is 14.6. The molecule has 0 saturated heterocycles. The Kier molecular flexibility index (Phi) is 6.35. The van der Waals surface area contributed by atoms with Gasteiger partial charge < -0.3 is 9.47 Å². The van der Waals surface area contributed by atoms with Crippen molar-refractivity contribution in [2.24, 2.45) is 7.05 Å². The highest BCUT2D eigenvalue weighted by Crippen LogP contribution is 2.39. The molecule has 7 nitrogen and oxygen atoms in total. The number of nitrogens with zero attached hydrogens (tertiary/aromatic N) is 3. The van der Waals surface area contributed by atoms with Crippen LogP contribution in [0.3, 0.4) is 0 Å². The van der Waals surface area contributed by atoms with E-state index in [9.17, 15) is 22.4 Å². The van der Waals surface area contributed by atoms with Crippen molar-refractivity contribution in [3.63, 3.8) is 0 Å². The Hall–Kier alpha value is -3.33. The van der Waals surface area contributed by atoms with Crippen LogP contribution in [0.1, 0.15) is 17.0 Å². The zero-order valence-corrected chi connectivity index (χ0v) is 17.3. The molecule has 0 atom stereocenters. The molecule has 2 aromatic carbocycles. The van der Waals surface area contributed by atoms with Gasteiger partial charge in [-0.2, -0.15) is 23.5 Å². The molecule has 0 fully saturated rings. The predicted molar refractivity (Wildman–Crippen MR) is 103 cm³/mol. The Labute approximate surface area is 181 Å². The van der Waals surface area contributed by atoms with E-state index in [-0.39, 0.29) is 39.5 Å². The van der Waals surface area contributed by atoms with Crippen molar-refractivity contribution >= 4 is 15.9 Å². The Morgan fingerprint density at radius 1 is 1.29 bits per heavy atom. The minimum atomic E-state index is -4.50. The maximum absolute atomic E-state index is 14.7. The van der Waals surface area contributed by atoms with Gasteiger partial charge in [-0.25, -0.2) is 14.3 Å². The van der Waals surface area contributed by atoms with E-state index in [1.165, 1.54) is 29.8 Å². The van der Waals surface area contributed by atoms with E-state index < -0.39 is 29.9 Å². The van der Waals surface area contributed by atoms with E-state index in [1.807, 2.05) is 0 Å². The first-order valence-electron chi connectivity index (χ1n) is 8.57. The summed E-state index contributed by atoms with van der Waals surface area (Å²) in [5.74, 6) is -1.32. The van der Waals surface area contributed by atoms with Crippen molar-refractivity contribution in [3.8, 4) is 23.3 Å². The molecule has 0 amide bonds. The molecular weight excluding hydrogens is 488 g/mol. The quantitative estimate of drug-likeness (QED) is 0.507. The van der Waals surface area contributed by atoms with E-state index in [0.717, 1.165) is 12.1 Å². The minimum absolute atomic E-state index is 0.0222. The largest absolute Gasteiger partial charge is 0.482 e. The van der Waals surface area contributed by atoms with E-state index in [0.29, 0.717) is 0 Å². The van der Waals surface area contributed by atoms with E-state index >= 15 is 0 Å². The predicted octanol–water partition coefficient (Wildman–Crippen LogP) is 4.36. The Morgan fingerprint density at radius 3 is 2.65 bits per heavy atom. The molecule has 0 unspecified atom stereocenters. The van der Waals surface area contributed by atoms with Gasteiger partial charge >= 0.3 is 11.9 Å². The maximum atomic E-state index is 14.7. The van der Waals surface area contributed by atoms with E-state index in [2.05, 4.69) is 26.1 Å². The number of nitriles is 1. The summed E-state index contributed by atoms with van der Waals surface area (Å²) in [5, 5.41) is 15.1. The SMILES string of the molecule is Cn1c(COc2ccc(Br)c(F)c2Oc2cc(C#N)cc(CC(F)(F)F)c2)n[nH]c1=O. The Balaban J connectivity index is 1.94. The van der Waals surface area contributed by atoms with Gasteiger partial charge in [0.25, 0.3) is 0 Å². The smallest absolute Gasteiger partial charge is 0.393 e. The summed E-state index contributed by atoms with van der Waals surface area (Å²) < 4.78 is 65.3. The van der Waals surface area contributed by atoms with Gasteiger partial charge in [0.15, 0.2) is 17.4 Å². The molecule has 1 N–H and O–H groups in total. The van der Waals surface area contributed by atoms with Crippen molar-refractivity contribution in [1.82, 2.24) is 14.8 Å². The molecule has 0 aliphatic carbocycles.